The molecular weight excluding hydrogens is 392 g/mol. The predicted octanol–water partition coefficient (Wildman–Crippen LogP) is 3.72. The summed E-state index contributed by atoms with van der Waals surface area (Å²) in [5.41, 5.74) is 1.80. The standard InChI is InChI=1S/C21H21ClN4O3/c1-29-18-7-6-14(22)12-17(18)23-20(27)13-8-10-26(11-9-13)21(28)19-15-4-2-3-5-16(15)24-25-19/h2-7,12-13H,8-11H2,1H3,(H,23,27)(H,24,25). The molecule has 0 saturated carbocycles. The van der Waals surface area contributed by atoms with E-state index in [0.29, 0.717) is 48.1 Å². The maximum absolute atomic E-state index is 12.9. The van der Waals surface area contributed by atoms with E-state index in [-0.39, 0.29) is 17.7 Å². The molecule has 0 spiro atoms. The minimum absolute atomic E-state index is 0.0946. The van der Waals surface area contributed by atoms with Crippen LogP contribution in [-0.4, -0.2) is 47.1 Å². The van der Waals surface area contributed by atoms with Gasteiger partial charge in [-0.3, -0.25) is 14.7 Å². The molecule has 1 aliphatic rings. The number of fused-ring (bicyclic) bond motifs is 1. The van der Waals surface area contributed by atoms with Crippen LogP contribution in [0.5, 0.6) is 5.75 Å². The molecule has 3 aromatic rings. The summed E-state index contributed by atoms with van der Waals surface area (Å²) in [6.45, 7) is 1.01. The van der Waals surface area contributed by atoms with E-state index in [0.717, 1.165) is 10.9 Å². The number of para-hydroxylation sites is 1. The Bertz CT molecular complexity index is 1060. The molecule has 1 fully saturated rings. The second kappa shape index (κ2) is 8.13. The van der Waals surface area contributed by atoms with Gasteiger partial charge >= 0.3 is 0 Å². The van der Waals surface area contributed by atoms with Crippen LogP contribution in [0.1, 0.15) is 23.3 Å². The lowest BCUT2D eigenvalue weighted by atomic mass is 9.95. The number of hydrogen-bond donors (Lipinski definition) is 2. The van der Waals surface area contributed by atoms with Crippen molar-refractivity contribution in [3.8, 4) is 5.75 Å². The van der Waals surface area contributed by atoms with Crippen LogP contribution in [0.15, 0.2) is 42.5 Å². The molecule has 2 heterocycles. The second-order valence-electron chi connectivity index (χ2n) is 7.02. The number of benzene rings is 2. The van der Waals surface area contributed by atoms with E-state index < -0.39 is 0 Å². The lowest BCUT2D eigenvalue weighted by molar-refractivity contribution is -0.121. The topological polar surface area (TPSA) is 87.3 Å². The molecular formula is C21H21ClN4O3. The van der Waals surface area contributed by atoms with Crippen molar-refractivity contribution in [3.63, 3.8) is 0 Å². The number of H-pyrrole nitrogens is 1. The van der Waals surface area contributed by atoms with Crippen LogP contribution in [0.25, 0.3) is 10.9 Å². The highest BCUT2D eigenvalue weighted by Crippen LogP contribution is 2.29. The van der Waals surface area contributed by atoms with E-state index >= 15 is 0 Å². The molecule has 1 aromatic heterocycles. The number of ether oxygens (including phenoxy) is 1. The minimum atomic E-state index is -0.182. The van der Waals surface area contributed by atoms with E-state index in [1.807, 2.05) is 24.3 Å². The van der Waals surface area contributed by atoms with E-state index in [4.69, 9.17) is 16.3 Å². The summed E-state index contributed by atoms with van der Waals surface area (Å²) in [7, 11) is 1.54. The summed E-state index contributed by atoms with van der Waals surface area (Å²) in [6, 6.07) is 12.6. The van der Waals surface area contributed by atoms with Crippen LogP contribution in [0, 0.1) is 5.92 Å². The third-order valence-corrected chi connectivity index (χ3v) is 5.48. The number of amides is 2. The smallest absolute Gasteiger partial charge is 0.274 e. The van der Waals surface area contributed by atoms with Gasteiger partial charge in [-0.25, -0.2) is 0 Å². The fourth-order valence-corrected chi connectivity index (χ4v) is 3.81. The minimum Gasteiger partial charge on any atom is -0.495 e. The zero-order valence-corrected chi connectivity index (χ0v) is 16.7. The van der Waals surface area contributed by atoms with Crippen LogP contribution in [0.4, 0.5) is 5.69 Å². The maximum Gasteiger partial charge on any atom is 0.274 e. The van der Waals surface area contributed by atoms with Crippen LogP contribution in [0.2, 0.25) is 5.02 Å². The largest absolute Gasteiger partial charge is 0.495 e. The number of nitrogens with zero attached hydrogens (tertiary/aromatic N) is 2. The number of anilines is 1. The second-order valence-corrected chi connectivity index (χ2v) is 7.45. The average molecular weight is 413 g/mol. The molecule has 1 aliphatic heterocycles. The van der Waals surface area contributed by atoms with Crippen molar-refractivity contribution >= 4 is 40.0 Å². The lowest BCUT2D eigenvalue weighted by Crippen LogP contribution is -2.41. The van der Waals surface area contributed by atoms with Crippen LogP contribution in [-0.2, 0) is 4.79 Å². The summed E-state index contributed by atoms with van der Waals surface area (Å²) >= 11 is 6.03. The number of piperidine rings is 1. The van der Waals surface area contributed by atoms with Crippen molar-refractivity contribution in [2.24, 2.45) is 5.92 Å². The highest BCUT2D eigenvalue weighted by atomic mass is 35.5. The van der Waals surface area contributed by atoms with Crippen molar-refractivity contribution in [1.29, 1.82) is 0 Å². The molecule has 0 unspecified atom stereocenters. The maximum atomic E-state index is 12.9. The normalized spacial score (nSPS) is 14.8. The number of nitrogens with one attached hydrogen (secondary N) is 2. The fourth-order valence-electron chi connectivity index (χ4n) is 3.63. The number of hydrogen-bond acceptors (Lipinski definition) is 4. The fraction of sp³-hybridized carbons (Fsp3) is 0.286. The predicted molar refractivity (Wildman–Crippen MR) is 111 cm³/mol. The summed E-state index contributed by atoms with van der Waals surface area (Å²) in [5.74, 6) is 0.167. The zero-order chi connectivity index (χ0) is 20.4. The molecule has 150 valence electrons. The monoisotopic (exact) mass is 412 g/mol. The Labute approximate surface area is 173 Å². The number of likely N-dealkylation sites (tertiary alicyclic amines) is 1. The number of rotatable bonds is 4. The van der Waals surface area contributed by atoms with Gasteiger partial charge in [0.15, 0.2) is 5.69 Å². The molecule has 29 heavy (non-hydrogen) atoms. The van der Waals surface area contributed by atoms with Gasteiger partial charge in [-0.1, -0.05) is 29.8 Å². The third kappa shape index (κ3) is 3.91. The molecule has 0 atom stereocenters. The Kier molecular flexibility index (Phi) is 5.40. The van der Waals surface area contributed by atoms with Crippen molar-refractivity contribution in [2.45, 2.75) is 12.8 Å². The molecule has 2 aromatic carbocycles. The number of aromatic nitrogens is 2. The van der Waals surface area contributed by atoms with Crippen LogP contribution >= 0.6 is 11.6 Å². The van der Waals surface area contributed by atoms with Gasteiger partial charge in [0.1, 0.15) is 5.75 Å². The van der Waals surface area contributed by atoms with Gasteiger partial charge < -0.3 is 15.0 Å². The molecule has 1 saturated heterocycles. The van der Waals surface area contributed by atoms with Crippen molar-refractivity contribution in [2.75, 3.05) is 25.5 Å². The van der Waals surface area contributed by atoms with Crippen molar-refractivity contribution in [3.05, 3.63) is 53.2 Å². The Morgan fingerprint density at radius 2 is 1.97 bits per heavy atom. The van der Waals surface area contributed by atoms with Gasteiger partial charge in [0, 0.05) is 29.4 Å². The molecule has 0 aliphatic carbocycles. The summed E-state index contributed by atoms with van der Waals surface area (Å²) in [4.78, 5) is 27.3. The van der Waals surface area contributed by atoms with Gasteiger partial charge in [0.05, 0.1) is 18.3 Å². The SMILES string of the molecule is COc1ccc(Cl)cc1NC(=O)C1CCN(C(=O)c2n[nH]c3ccccc23)CC1. The van der Waals surface area contributed by atoms with E-state index in [1.165, 1.54) is 0 Å². The lowest BCUT2D eigenvalue weighted by Gasteiger charge is -2.31. The zero-order valence-electron chi connectivity index (χ0n) is 15.9. The molecule has 4 rings (SSSR count). The first-order chi connectivity index (χ1) is 14.1. The first-order valence-corrected chi connectivity index (χ1v) is 9.81. The summed E-state index contributed by atoms with van der Waals surface area (Å²) in [6.07, 6.45) is 1.17. The highest BCUT2D eigenvalue weighted by Gasteiger charge is 2.29. The highest BCUT2D eigenvalue weighted by molar-refractivity contribution is 6.31. The molecule has 7 nitrogen and oxygen atoms in total. The number of aromatic amines is 1. The quantitative estimate of drug-likeness (QED) is 0.683. The molecule has 8 heteroatoms. The van der Waals surface area contributed by atoms with Gasteiger partial charge in [0.2, 0.25) is 5.91 Å². The van der Waals surface area contributed by atoms with Crippen molar-refractivity contribution in [1.82, 2.24) is 15.1 Å². The molecule has 0 radical (unpaired) electrons. The number of halogens is 1. The average Bonchev–Trinajstić information content (AvgIpc) is 3.17. The van der Waals surface area contributed by atoms with E-state index in [2.05, 4.69) is 15.5 Å². The molecule has 0 bridgehead atoms. The third-order valence-electron chi connectivity index (χ3n) is 5.25. The summed E-state index contributed by atoms with van der Waals surface area (Å²) in [5, 5.41) is 11.3. The Morgan fingerprint density at radius 3 is 2.72 bits per heavy atom. The van der Waals surface area contributed by atoms with Crippen LogP contribution < -0.4 is 10.1 Å². The van der Waals surface area contributed by atoms with Gasteiger partial charge in [-0.2, -0.15) is 5.10 Å². The molecule has 2 amide bonds. The first-order valence-electron chi connectivity index (χ1n) is 9.43. The van der Waals surface area contributed by atoms with Gasteiger partial charge in [-0.05, 0) is 37.1 Å². The Morgan fingerprint density at radius 1 is 1.21 bits per heavy atom. The Hall–Kier alpha value is -3.06. The van der Waals surface area contributed by atoms with E-state index in [9.17, 15) is 9.59 Å². The molecule has 2 N–H and O–H groups in total. The van der Waals surface area contributed by atoms with Gasteiger partial charge in [0.25, 0.3) is 5.91 Å². The first kappa shape index (κ1) is 19.3. The van der Waals surface area contributed by atoms with Crippen molar-refractivity contribution < 1.29 is 14.3 Å². The van der Waals surface area contributed by atoms with Gasteiger partial charge in [-0.15, -0.1) is 0 Å². The van der Waals surface area contributed by atoms with E-state index in [1.54, 1.807) is 30.2 Å². The number of methoxy groups -OCH3 is 1. The summed E-state index contributed by atoms with van der Waals surface area (Å²) < 4.78 is 5.28. The van der Waals surface area contributed by atoms with Crippen LogP contribution in [0.3, 0.4) is 0 Å². The number of carbonyl (C=O) groups excluding carboxylic acids is 2. The number of carbonyl (C=O) groups is 2. The Balaban J connectivity index is 1.40.